The van der Waals surface area contributed by atoms with Crippen LogP contribution in [-0.2, 0) is 15.0 Å². The fourth-order valence-electron chi connectivity index (χ4n) is 5.18. The molecule has 3 unspecified atom stereocenters. The number of nitrogens with one attached hydrogen (secondary N) is 1. The first-order valence-corrected chi connectivity index (χ1v) is 14.0. The summed E-state index contributed by atoms with van der Waals surface area (Å²) in [7, 11) is 1.88. The first kappa shape index (κ1) is 31.9. The molecule has 41 heavy (non-hydrogen) atoms. The van der Waals surface area contributed by atoms with Crippen molar-refractivity contribution in [1.82, 2.24) is 15.2 Å². The molecule has 2 fully saturated rings. The van der Waals surface area contributed by atoms with Crippen molar-refractivity contribution in [2.24, 2.45) is 0 Å². The molecule has 2 N–H and O–H groups in total. The summed E-state index contributed by atoms with van der Waals surface area (Å²) >= 11 is 0. The Morgan fingerprint density at radius 3 is 2.39 bits per heavy atom. The Labute approximate surface area is 241 Å². The number of nitrogens with zero attached hydrogens (tertiary/aromatic N) is 4. The van der Waals surface area contributed by atoms with Crippen molar-refractivity contribution in [2.75, 3.05) is 18.5 Å². The van der Waals surface area contributed by atoms with Crippen molar-refractivity contribution in [1.29, 1.82) is 5.26 Å². The minimum absolute atomic E-state index is 0.0391. The Bertz CT molecular complexity index is 1220. The minimum atomic E-state index is -2.62. The number of aldehydes is 1. The van der Waals surface area contributed by atoms with Crippen LogP contribution in [0.2, 0.25) is 0 Å². The van der Waals surface area contributed by atoms with Crippen LogP contribution in [0.4, 0.5) is 14.5 Å². The van der Waals surface area contributed by atoms with E-state index in [1.165, 1.54) is 10.5 Å². The van der Waals surface area contributed by atoms with Crippen molar-refractivity contribution in [2.45, 2.75) is 95.4 Å². The zero-order valence-electron chi connectivity index (χ0n) is 24.5. The Morgan fingerprint density at radius 1 is 1.24 bits per heavy atom. The number of anilines is 1. The number of likely N-dealkylation sites (N-methyl/N-ethyl adjacent to an activating group) is 1. The molecule has 8 nitrogen and oxygen atoms in total. The van der Waals surface area contributed by atoms with Gasteiger partial charge in [0, 0.05) is 56.0 Å². The summed E-state index contributed by atoms with van der Waals surface area (Å²) in [5.41, 5.74) is 3.90. The predicted octanol–water partition coefficient (Wildman–Crippen LogP) is 4.66. The molecule has 2 aliphatic rings. The van der Waals surface area contributed by atoms with Gasteiger partial charge in [0.25, 0.3) is 0 Å². The first-order chi connectivity index (χ1) is 19.2. The normalized spacial score (nSPS) is 21.2. The van der Waals surface area contributed by atoms with Crippen LogP contribution in [0.25, 0.3) is 0 Å². The highest BCUT2D eigenvalue weighted by Crippen LogP contribution is 2.34. The highest BCUT2D eigenvalue weighted by Gasteiger charge is 2.37. The molecule has 1 saturated carbocycles. The Morgan fingerprint density at radius 2 is 1.88 bits per heavy atom. The SMILES string of the molecule is Cc1cncc(C(C(=O)NC2CCC(F)(F)CC2)N(C)c2ccc(C(C)(C)C)cc2)c1.N#CN1CC(O)CC1C=O. The number of nitriles is 1. The topological polar surface area (TPSA) is 110 Å². The number of alkyl halides is 2. The highest BCUT2D eigenvalue weighted by atomic mass is 19.3. The molecule has 0 radical (unpaired) electrons. The molecule has 3 atom stereocenters. The Kier molecular flexibility index (Phi) is 10.4. The average molecular weight is 570 g/mol. The fourth-order valence-corrected chi connectivity index (χ4v) is 5.18. The molecule has 4 rings (SSSR count). The molecular formula is C31H41F2N5O3. The minimum Gasteiger partial charge on any atom is -0.391 e. The second kappa shape index (κ2) is 13.4. The largest absolute Gasteiger partial charge is 0.391 e. The van der Waals surface area contributed by atoms with Crippen LogP contribution in [0.5, 0.6) is 0 Å². The summed E-state index contributed by atoms with van der Waals surface area (Å²) in [5, 5.41) is 20.4. The lowest BCUT2D eigenvalue weighted by molar-refractivity contribution is -0.124. The lowest BCUT2D eigenvalue weighted by Crippen LogP contribution is -2.46. The second-order valence-corrected chi connectivity index (χ2v) is 12.1. The van der Waals surface area contributed by atoms with Gasteiger partial charge in [-0.1, -0.05) is 39.0 Å². The van der Waals surface area contributed by atoms with Gasteiger partial charge in [-0.05, 0) is 48.4 Å². The van der Waals surface area contributed by atoms with E-state index >= 15 is 0 Å². The van der Waals surface area contributed by atoms with Gasteiger partial charge >= 0.3 is 0 Å². The molecule has 1 aliphatic heterocycles. The third-order valence-corrected chi connectivity index (χ3v) is 7.66. The van der Waals surface area contributed by atoms with Crippen LogP contribution in [-0.4, -0.2) is 64.9 Å². The van der Waals surface area contributed by atoms with Crippen LogP contribution in [0.15, 0.2) is 42.7 Å². The number of amides is 1. The van der Waals surface area contributed by atoms with Gasteiger partial charge in [0.1, 0.15) is 12.3 Å². The molecule has 0 spiro atoms. The lowest BCUT2D eigenvalue weighted by atomic mass is 9.87. The number of benzene rings is 1. The van der Waals surface area contributed by atoms with E-state index in [1.54, 1.807) is 12.4 Å². The number of carbonyl (C=O) groups excluding carboxylic acids is 2. The van der Waals surface area contributed by atoms with E-state index in [0.29, 0.717) is 32.1 Å². The maximum absolute atomic E-state index is 13.5. The van der Waals surface area contributed by atoms with Crippen molar-refractivity contribution in [3.8, 4) is 6.19 Å². The molecule has 0 bridgehead atoms. The van der Waals surface area contributed by atoms with Gasteiger partial charge in [0.15, 0.2) is 6.19 Å². The summed E-state index contributed by atoms with van der Waals surface area (Å²) in [4.78, 5) is 31.1. The summed E-state index contributed by atoms with van der Waals surface area (Å²) < 4.78 is 27.0. The third-order valence-electron chi connectivity index (χ3n) is 7.66. The smallest absolute Gasteiger partial charge is 0.248 e. The van der Waals surface area contributed by atoms with Gasteiger partial charge in [0.2, 0.25) is 11.8 Å². The molecule has 2 aromatic rings. The first-order valence-electron chi connectivity index (χ1n) is 14.0. The number of aromatic nitrogens is 1. The van der Waals surface area contributed by atoms with Crippen molar-refractivity contribution in [3.63, 3.8) is 0 Å². The van der Waals surface area contributed by atoms with Crippen LogP contribution in [0, 0.1) is 18.4 Å². The zero-order chi connectivity index (χ0) is 30.4. The maximum Gasteiger partial charge on any atom is 0.248 e. The number of aliphatic hydroxyl groups is 1. The number of likely N-dealkylation sites (tertiary alicyclic amines) is 1. The number of halogens is 2. The molecule has 2 heterocycles. The number of hydrogen-bond acceptors (Lipinski definition) is 7. The molecule has 10 heteroatoms. The van der Waals surface area contributed by atoms with Gasteiger partial charge in [-0.15, -0.1) is 0 Å². The van der Waals surface area contributed by atoms with Gasteiger partial charge < -0.3 is 20.1 Å². The van der Waals surface area contributed by atoms with E-state index < -0.39 is 24.1 Å². The summed E-state index contributed by atoms with van der Waals surface area (Å²) in [5.74, 6) is -2.81. The van der Waals surface area contributed by atoms with Gasteiger partial charge in [-0.3, -0.25) is 14.7 Å². The van der Waals surface area contributed by atoms with E-state index in [4.69, 9.17) is 10.4 Å². The number of aliphatic hydroxyl groups excluding tert-OH is 1. The molecular weight excluding hydrogens is 528 g/mol. The quantitative estimate of drug-likeness (QED) is 0.385. The van der Waals surface area contributed by atoms with Gasteiger partial charge in [0.05, 0.1) is 18.7 Å². The maximum atomic E-state index is 13.5. The van der Waals surface area contributed by atoms with E-state index in [1.807, 2.05) is 43.3 Å². The number of β-amino-alcohol motifs (C(OH)–C–C–N with tert-alkyl or cyclic N) is 1. The van der Waals surface area contributed by atoms with E-state index in [9.17, 15) is 18.4 Å². The summed E-state index contributed by atoms with van der Waals surface area (Å²) in [6.07, 6.45) is 6.07. The molecule has 1 aromatic heterocycles. The summed E-state index contributed by atoms with van der Waals surface area (Å²) in [6, 6.07) is 8.92. The summed E-state index contributed by atoms with van der Waals surface area (Å²) in [6.45, 7) is 8.71. The number of rotatable bonds is 6. The van der Waals surface area contributed by atoms with E-state index in [0.717, 1.165) is 16.8 Å². The van der Waals surface area contributed by atoms with Crippen LogP contribution in [0.3, 0.4) is 0 Å². The van der Waals surface area contributed by atoms with Crippen molar-refractivity contribution < 1.29 is 23.5 Å². The number of pyridine rings is 1. The van der Waals surface area contributed by atoms with Crippen LogP contribution in [0.1, 0.15) is 75.6 Å². The van der Waals surface area contributed by atoms with Crippen molar-refractivity contribution in [3.05, 3.63) is 59.4 Å². The Balaban J connectivity index is 0.000000389. The van der Waals surface area contributed by atoms with Crippen LogP contribution >= 0.6 is 0 Å². The molecule has 1 aliphatic carbocycles. The standard InChI is InChI=1S/C25H33F2N3O.C6H8N2O2/c1-17-14-18(16-28-15-17)22(23(31)29-20-10-12-25(26,27)13-11-20)30(5)21-8-6-19(7-9-21)24(2,3)4;7-4-8-2-6(10)1-5(8)3-9/h6-9,14-16,20,22H,10-13H2,1-5H3,(H,29,31);3,5-6,10H,1-2H2. The molecule has 1 saturated heterocycles. The average Bonchev–Trinajstić information content (AvgIpc) is 3.30. The van der Waals surface area contributed by atoms with Gasteiger partial charge in [-0.25, -0.2) is 8.78 Å². The Hall–Kier alpha value is -3.58. The fraction of sp³-hybridized carbons (Fsp3) is 0.548. The third kappa shape index (κ3) is 8.70. The monoisotopic (exact) mass is 569 g/mol. The second-order valence-electron chi connectivity index (χ2n) is 12.1. The predicted molar refractivity (Wildman–Crippen MR) is 153 cm³/mol. The van der Waals surface area contributed by atoms with E-state index in [-0.39, 0.29) is 30.2 Å². The van der Waals surface area contributed by atoms with Crippen molar-refractivity contribution >= 4 is 17.9 Å². The van der Waals surface area contributed by atoms with Gasteiger partial charge in [-0.2, -0.15) is 5.26 Å². The molecule has 1 amide bonds. The number of aryl methyl sites for hydroxylation is 1. The molecule has 1 aromatic carbocycles. The zero-order valence-corrected chi connectivity index (χ0v) is 24.5. The molecule has 222 valence electrons. The number of carbonyl (C=O) groups is 2. The lowest BCUT2D eigenvalue weighted by Gasteiger charge is -2.33. The number of hydrogen-bond donors (Lipinski definition) is 2. The highest BCUT2D eigenvalue weighted by molar-refractivity contribution is 5.86. The van der Waals surface area contributed by atoms with E-state index in [2.05, 4.69) is 43.2 Å². The van der Waals surface area contributed by atoms with Crippen LogP contribution < -0.4 is 10.2 Å².